The lowest BCUT2D eigenvalue weighted by molar-refractivity contribution is 1.19. The lowest BCUT2D eigenvalue weighted by Gasteiger charge is -2.19. The smallest absolute Gasteiger partial charge is 0.264 e. The molecule has 0 aliphatic heterocycles. The Morgan fingerprint density at radius 3 is 1.42 bits per heavy atom. The molecule has 0 saturated carbocycles. The van der Waals surface area contributed by atoms with Crippen LogP contribution in [0.25, 0.3) is 117 Å². The second-order valence-corrected chi connectivity index (χ2v) is 15.4. The SMILES string of the molecule is O=c1c2cc3sc4cc5c6c(cc7ssc8cc(c2c2c8c7c6c4c32)c2nc3ccccc3n12)c(=O)n1c2ccccc2nc51. The molecule has 9 heteroatoms. The summed E-state index contributed by atoms with van der Waals surface area (Å²) in [6.45, 7) is 0. The zero-order chi connectivity index (χ0) is 29.0. The third-order valence-electron chi connectivity index (χ3n) is 10.1. The molecule has 0 spiro atoms. The summed E-state index contributed by atoms with van der Waals surface area (Å²) < 4.78 is 8.08. The number of hydrogen-bond acceptors (Lipinski definition) is 7. The number of rotatable bonds is 0. The van der Waals surface area contributed by atoms with E-state index in [4.69, 9.17) is 9.97 Å². The quantitative estimate of drug-likeness (QED) is 0.0954. The summed E-state index contributed by atoms with van der Waals surface area (Å²) in [5, 5.41) is 12.4. The molecule has 6 aromatic heterocycles. The molecule has 0 saturated heterocycles. The highest BCUT2D eigenvalue weighted by molar-refractivity contribution is 7.74. The first-order chi connectivity index (χ1) is 22.2. The van der Waals surface area contributed by atoms with Gasteiger partial charge in [0.2, 0.25) is 0 Å². The van der Waals surface area contributed by atoms with Crippen LogP contribution in [0.15, 0.2) is 82.4 Å². The number of pyridine rings is 2. The maximum absolute atomic E-state index is 14.4. The molecule has 0 aliphatic rings. The molecule has 0 unspecified atom stereocenters. The van der Waals surface area contributed by atoms with Gasteiger partial charge in [0, 0.05) is 72.7 Å². The van der Waals surface area contributed by atoms with Gasteiger partial charge in [-0.15, -0.1) is 11.3 Å². The summed E-state index contributed by atoms with van der Waals surface area (Å²) in [6.07, 6.45) is 0. The lowest BCUT2D eigenvalue weighted by atomic mass is 9.86. The molecule has 0 N–H and O–H groups in total. The fraction of sp³-hybridized carbons (Fsp3) is 0. The van der Waals surface area contributed by atoms with E-state index >= 15 is 0 Å². The van der Waals surface area contributed by atoms with Crippen LogP contribution >= 0.6 is 32.0 Å². The zero-order valence-corrected chi connectivity index (χ0v) is 25.2. The van der Waals surface area contributed by atoms with Crippen molar-refractivity contribution in [3.05, 3.63) is 93.5 Å². The molecule has 45 heavy (non-hydrogen) atoms. The minimum atomic E-state index is -0.0345. The van der Waals surface area contributed by atoms with Crippen LogP contribution in [0.5, 0.6) is 0 Å². The van der Waals surface area contributed by atoms with Gasteiger partial charge in [-0.05, 0) is 48.5 Å². The minimum absolute atomic E-state index is 0.0308. The van der Waals surface area contributed by atoms with Crippen LogP contribution in [-0.2, 0) is 0 Å². The monoisotopic (exact) mass is 628 g/mol. The summed E-state index contributed by atoms with van der Waals surface area (Å²) in [7, 11) is 3.45. The summed E-state index contributed by atoms with van der Waals surface area (Å²) in [5.74, 6) is 0. The predicted molar refractivity (Wildman–Crippen MR) is 190 cm³/mol. The second-order valence-electron chi connectivity index (χ2n) is 12.1. The Morgan fingerprint density at radius 1 is 0.467 bits per heavy atom. The van der Waals surface area contributed by atoms with Crippen LogP contribution in [0, 0.1) is 0 Å². The van der Waals surface area contributed by atoms with Gasteiger partial charge >= 0.3 is 0 Å². The molecule has 0 amide bonds. The molecule has 206 valence electrons. The number of nitrogens with zero attached hydrogens (tertiary/aromatic N) is 4. The van der Waals surface area contributed by atoms with Gasteiger partial charge in [-0.1, -0.05) is 44.9 Å². The van der Waals surface area contributed by atoms with Crippen LogP contribution in [0.2, 0.25) is 0 Å². The number of imidazole rings is 2. The highest BCUT2D eigenvalue weighted by Crippen LogP contribution is 2.56. The van der Waals surface area contributed by atoms with E-state index in [-0.39, 0.29) is 11.1 Å². The van der Waals surface area contributed by atoms with Gasteiger partial charge in [-0.25, -0.2) is 9.97 Å². The average molecular weight is 629 g/mol. The van der Waals surface area contributed by atoms with Crippen molar-refractivity contribution in [2.24, 2.45) is 0 Å². The normalized spacial score (nSPS) is 13.5. The third kappa shape index (κ3) is 2.22. The number of aromatic nitrogens is 4. The number of para-hydroxylation sites is 4. The maximum Gasteiger partial charge on any atom is 0.264 e. The standard InChI is InChI=1S/C36H12N4O2S3/c41-35-15-11-22-28-27-21(43-22)9-13-25-16(36(42)39-19-7-3-1-5-17(19)37-33(13)39)12-24-30(31(25)27)29-23(44-45-24)10-14(26(15)32(28)29)34-38-18-6-2-4-8-20(18)40(34)35/h1-12H. The Kier molecular flexibility index (Phi) is 3.40. The summed E-state index contributed by atoms with van der Waals surface area (Å²) in [5.41, 5.74) is 4.63. The van der Waals surface area contributed by atoms with E-state index in [9.17, 15) is 9.59 Å². The second kappa shape index (κ2) is 6.87. The van der Waals surface area contributed by atoms with Crippen molar-refractivity contribution in [2.45, 2.75) is 0 Å². The molecule has 0 atom stereocenters. The van der Waals surface area contributed by atoms with Crippen LogP contribution in [0.4, 0.5) is 0 Å². The molecular weight excluding hydrogens is 617 g/mol. The Morgan fingerprint density at radius 2 is 0.889 bits per heavy atom. The summed E-state index contributed by atoms with van der Waals surface area (Å²) >= 11 is 1.73. The van der Waals surface area contributed by atoms with Crippen molar-refractivity contribution in [1.29, 1.82) is 0 Å². The third-order valence-corrected chi connectivity index (χ3v) is 13.6. The fourth-order valence-electron chi connectivity index (χ4n) is 8.42. The van der Waals surface area contributed by atoms with Crippen molar-refractivity contribution in [1.82, 2.24) is 18.8 Å². The predicted octanol–water partition coefficient (Wildman–Crippen LogP) is 9.17. The number of thiophene rings is 1. The van der Waals surface area contributed by atoms with Crippen molar-refractivity contribution in [2.75, 3.05) is 0 Å². The first-order valence-corrected chi connectivity index (χ1v) is 17.6. The van der Waals surface area contributed by atoms with Crippen molar-refractivity contribution in [3.8, 4) is 0 Å². The van der Waals surface area contributed by atoms with Crippen LogP contribution in [0.3, 0.4) is 0 Å². The van der Waals surface area contributed by atoms with E-state index in [0.717, 1.165) is 79.3 Å². The first-order valence-electron chi connectivity index (χ1n) is 14.6. The lowest BCUT2D eigenvalue weighted by Crippen LogP contribution is -2.14. The molecule has 0 radical (unpaired) electrons. The summed E-state index contributed by atoms with van der Waals surface area (Å²) in [6, 6.07) is 24.4. The minimum Gasteiger partial charge on any atom is -0.268 e. The van der Waals surface area contributed by atoms with Gasteiger partial charge in [0.1, 0.15) is 11.3 Å². The van der Waals surface area contributed by atoms with E-state index in [2.05, 4.69) is 24.3 Å². The van der Waals surface area contributed by atoms with E-state index in [1.54, 1.807) is 40.8 Å². The molecule has 0 fully saturated rings. The summed E-state index contributed by atoms with van der Waals surface area (Å²) in [4.78, 5) is 38.7. The molecule has 6 nitrogen and oxygen atoms in total. The first kappa shape index (κ1) is 22.3. The molecule has 7 aromatic carbocycles. The molecule has 0 bridgehead atoms. The molecule has 6 heterocycles. The Balaban J connectivity index is 1.40. The average Bonchev–Trinajstić information content (AvgIpc) is 3.76. The van der Waals surface area contributed by atoms with Gasteiger partial charge in [-0.2, -0.15) is 0 Å². The topological polar surface area (TPSA) is 68.7 Å². The maximum atomic E-state index is 14.4. The van der Waals surface area contributed by atoms with Crippen molar-refractivity contribution in [3.63, 3.8) is 0 Å². The van der Waals surface area contributed by atoms with E-state index in [1.807, 2.05) is 48.5 Å². The van der Waals surface area contributed by atoms with Crippen LogP contribution in [-0.4, -0.2) is 18.8 Å². The van der Waals surface area contributed by atoms with Gasteiger partial charge in [0.25, 0.3) is 11.1 Å². The van der Waals surface area contributed by atoms with Gasteiger partial charge < -0.3 is 0 Å². The number of fused-ring (bicyclic) bond motifs is 8. The zero-order valence-electron chi connectivity index (χ0n) is 22.8. The van der Waals surface area contributed by atoms with Gasteiger partial charge in [0.05, 0.1) is 32.8 Å². The molecule has 13 rings (SSSR count). The highest BCUT2D eigenvalue weighted by Gasteiger charge is 2.29. The Labute approximate surface area is 259 Å². The largest absolute Gasteiger partial charge is 0.268 e. The Hall–Kier alpha value is -5.22. The molecule has 13 aromatic rings. The van der Waals surface area contributed by atoms with Gasteiger partial charge in [-0.3, -0.25) is 18.4 Å². The van der Waals surface area contributed by atoms with Crippen LogP contribution in [0.1, 0.15) is 0 Å². The van der Waals surface area contributed by atoms with Crippen molar-refractivity contribution < 1.29 is 0 Å². The van der Waals surface area contributed by atoms with E-state index < -0.39 is 0 Å². The molecular formula is C36H12N4O2S3. The van der Waals surface area contributed by atoms with Crippen LogP contribution < -0.4 is 11.1 Å². The Bertz CT molecular complexity index is 3580. The van der Waals surface area contributed by atoms with E-state index in [0.29, 0.717) is 11.3 Å². The fourth-order valence-corrected chi connectivity index (χ4v) is 12.0. The van der Waals surface area contributed by atoms with Gasteiger partial charge in [0.15, 0.2) is 0 Å². The number of hydrogen-bond donors (Lipinski definition) is 0. The molecule has 0 aliphatic carbocycles. The number of benzene rings is 7. The highest BCUT2D eigenvalue weighted by atomic mass is 32.9. The van der Waals surface area contributed by atoms with E-state index in [1.165, 1.54) is 26.2 Å². The van der Waals surface area contributed by atoms with Crippen molar-refractivity contribution >= 4 is 149 Å².